The normalized spacial score (nSPS) is 21.6. The molecule has 7 heteroatoms. The second-order valence-corrected chi connectivity index (χ2v) is 5.73. The first-order valence-electron chi connectivity index (χ1n) is 7.51. The number of methoxy groups -OCH3 is 1. The van der Waals surface area contributed by atoms with Crippen LogP contribution in [0, 0.1) is 10.1 Å². The Labute approximate surface area is 134 Å². The second kappa shape index (κ2) is 6.47. The van der Waals surface area contributed by atoms with E-state index in [4.69, 9.17) is 9.47 Å². The lowest BCUT2D eigenvalue weighted by Gasteiger charge is -2.37. The van der Waals surface area contributed by atoms with E-state index in [0.717, 1.165) is 23.3 Å². The maximum absolute atomic E-state index is 10.8. The molecule has 1 saturated heterocycles. The number of nitro benzene ring substituents is 1. The van der Waals surface area contributed by atoms with Crippen LogP contribution in [0.4, 0.5) is 11.5 Å². The number of nitro groups is 1. The highest BCUT2D eigenvalue weighted by molar-refractivity contribution is 5.82. The van der Waals surface area contributed by atoms with Crippen LogP contribution in [0.15, 0.2) is 30.3 Å². The monoisotopic (exact) mass is 317 g/mol. The fourth-order valence-corrected chi connectivity index (χ4v) is 2.90. The van der Waals surface area contributed by atoms with Gasteiger partial charge < -0.3 is 14.4 Å². The standard InChI is InChI=1S/C16H19N3O4/c1-11-8-18(9-14(23-11)10-22-2)16-6-3-12-7-13(19(20)21)4-5-15(12)17-16/h3-7,11,14H,8-10H2,1-2H3. The van der Waals surface area contributed by atoms with E-state index in [2.05, 4.69) is 9.88 Å². The smallest absolute Gasteiger partial charge is 0.270 e. The van der Waals surface area contributed by atoms with Crippen LogP contribution in [0.5, 0.6) is 0 Å². The molecular formula is C16H19N3O4. The molecule has 2 aromatic rings. The number of hydrogen-bond acceptors (Lipinski definition) is 6. The SMILES string of the molecule is COCC1CN(c2ccc3cc([N+](=O)[O-])ccc3n2)CC(C)O1. The molecule has 122 valence electrons. The molecule has 3 rings (SSSR count). The number of rotatable bonds is 4. The number of morpholine rings is 1. The van der Waals surface area contributed by atoms with Gasteiger partial charge in [-0.15, -0.1) is 0 Å². The average Bonchev–Trinajstić information content (AvgIpc) is 2.53. The van der Waals surface area contributed by atoms with Crippen LogP contribution >= 0.6 is 0 Å². The molecule has 0 bridgehead atoms. The minimum atomic E-state index is -0.396. The zero-order valence-electron chi connectivity index (χ0n) is 13.1. The number of anilines is 1. The van der Waals surface area contributed by atoms with Crippen molar-refractivity contribution in [2.45, 2.75) is 19.1 Å². The fourth-order valence-electron chi connectivity index (χ4n) is 2.90. The number of aromatic nitrogens is 1. The van der Waals surface area contributed by atoms with E-state index in [1.165, 1.54) is 6.07 Å². The number of non-ortho nitro benzene ring substituents is 1. The summed E-state index contributed by atoms with van der Waals surface area (Å²) in [7, 11) is 1.66. The van der Waals surface area contributed by atoms with Crippen LogP contribution in [0.3, 0.4) is 0 Å². The van der Waals surface area contributed by atoms with Crippen LogP contribution in [-0.2, 0) is 9.47 Å². The minimum Gasteiger partial charge on any atom is -0.382 e. The van der Waals surface area contributed by atoms with E-state index in [1.54, 1.807) is 19.2 Å². The Kier molecular flexibility index (Phi) is 4.40. The first-order valence-corrected chi connectivity index (χ1v) is 7.51. The molecule has 0 N–H and O–H groups in total. The molecule has 1 aromatic carbocycles. The lowest BCUT2D eigenvalue weighted by atomic mass is 10.2. The quantitative estimate of drug-likeness (QED) is 0.636. The Bertz CT molecular complexity index is 722. The van der Waals surface area contributed by atoms with Gasteiger partial charge in [-0.05, 0) is 25.1 Å². The summed E-state index contributed by atoms with van der Waals surface area (Å²) < 4.78 is 11.0. The second-order valence-electron chi connectivity index (χ2n) is 5.73. The van der Waals surface area contributed by atoms with Gasteiger partial charge in [-0.2, -0.15) is 0 Å². The maximum Gasteiger partial charge on any atom is 0.270 e. The summed E-state index contributed by atoms with van der Waals surface area (Å²) in [4.78, 5) is 17.2. The van der Waals surface area contributed by atoms with Gasteiger partial charge in [0, 0.05) is 37.7 Å². The first kappa shape index (κ1) is 15.6. The van der Waals surface area contributed by atoms with Crippen molar-refractivity contribution in [1.82, 2.24) is 4.98 Å². The summed E-state index contributed by atoms with van der Waals surface area (Å²) in [5, 5.41) is 11.6. The van der Waals surface area contributed by atoms with Crippen LogP contribution in [0.1, 0.15) is 6.92 Å². The molecule has 1 aromatic heterocycles. The highest BCUT2D eigenvalue weighted by atomic mass is 16.6. The topological polar surface area (TPSA) is 77.7 Å². The molecule has 7 nitrogen and oxygen atoms in total. The summed E-state index contributed by atoms with van der Waals surface area (Å²) >= 11 is 0. The number of ether oxygens (including phenoxy) is 2. The highest BCUT2D eigenvalue weighted by Crippen LogP contribution is 2.24. The van der Waals surface area contributed by atoms with Crippen LogP contribution in [0.25, 0.3) is 10.9 Å². The van der Waals surface area contributed by atoms with Crippen LogP contribution < -0.4 is 4.90 Å². The van der Waals surface area contributed by atoms with E-state index < -0.39 is 4.92 Å². The highest BCUT2D eigenvalue weighted by Gasteiger charge is 2.26. The molecule has 0 saturated carbocycles. The van der Waals surface area contributed by atoms with Gasteiger partial charge in [0.1, 0.15) is 5.82 Å². The Morgan fingerprint density at radius 1 is 1.39 bits per heavy atom. The van der Waals surface area contributed by atoms with Crippen molar-refractivity contribution in [2.75, 3.05) is 31.7 Å². The number of fused-ring (bicyclic) bond motifs is 1. The summed E-state index contributed by atoms with van der Waals surface area (Å²) in [6.45, 7) is 4.04. The zero-order chi connectivity index (χ0) is 16.4. The molecule has 0 radical (unpaired) electrons. The van der Waals surface area contributed by atoms with Crippen molar-refractivity contribution in [3.05, 3.63) is 40.4 Å². The van der Waals surface area contributed by atoms with Crippen molar-refractivity contribution >= 4 is 22.4 Å². The van der Waals surface area contributed by atoms with Crippen molar-refractivity contribution in [1.29, 1.82) is 0 Å². The van der Waals surface area contributed by atoms with Gasteiger partial charge in [-0.25, -0.2) is 4.98 Å². The number of hydrogen-bond donors (Lipinski definition) is 0. The largest absolute Gasteiger partial charge is 0.382 e. The van der Waals surface area contributed by atoms with E-state index in [0.29, 0.717) is 13.2 Å². The van der Waals surface area contributed by atoms with Crippen LogP contribution in [-0.4, -0.2) is 48.9 Å². The number of benzene rings is 1. The summed E-state index contributed by atoms with van der Waals surface area (Å²) in [5.74, 6) is 0.850. The molecule has 0 amide bonds. The number of pyridine rings is 1. The van der Waals surface area contributed by atoms with Gasteiger partial charge in [0.2, 0.25) is 0 Å². The van der Waals surface area contributed by atoms with Gasteiger partial charge in [-0.1, -0.05) is 0 Å². The summed E-state index contributed by atoms with van der Waals surface area (Å²) in [6, 6.07) is 8.48. The summed E-state index contributed by atoms with van der Waals surface area (Å²) in [5.41, 5.74) is 0.822. The lowest BCUT2D eigenvalue weighted by molar-refractivity contribution is -0.384. The van der Waals surface area contributed by atoms with Gasteiger partial charge in [0.25, 0.3) is 5.69 Å². The Hall–Kier alpha value is -2.25. The summed E-state index contributed by atoms with van der Waals surface area (Å²) in [6.07, 6.45) is 0.108. The Morgan fingerprint density at radius 2 is 2.22 bits per heavy atom. The van der Waals surface area contributed by atoms with E-state index in [9.17, 15) is 10.1 Å². The molecule has 0 aliphatic carbocycles. The van der Waals surface area contributed by atoms with E-state index >= 15 is 0 Å². The molecular weight excluding hydrogens is 298 g/mol. The van der Waals surface area contributed by atoms with E-state index in [1.807, 2.05) is 19.1 Å². The Morgan fingerprint density at radius 3 is 2.96 bits per heavy atom. The van der Waals surface area contributed by atoms with Crippen molar-refractivity contribution < 1.29 is 14.4 Å². The van der Waals surface area contributed by atoms with Gasteiger partial charge in [0.05, 0.1) is 29.3 Å². The molecule has 2 unspecified atom stereocenters. The molecule has 1 aliphatic heterocycles. The van der Waals surface area contributed by atoms with Crippen molar-refractivity contribution in [3.8, 4) is 0 Å². The third-order valence-electron chi connectivity index (χ3n) is 3.87. The lowest BCUT2D eigenvalue weighted by Crippen LogP contribution is -2.48. The van der Waals surface area contributed by atoms with Crippen molar-refractivity contribution in [3.63, 3.8) is 0 Å². The molecule has 23 heavy (non-hydrogen) atoms. The molecule has 2 heterocycles. The van der Waals surface area contributed by atoms with Gasteiger partial charge in [0.15, 0.2) is 0 Å². The minimum absolute atomic E-state index is 0.0121. The molecule has 0 spiro atoms. The fraction of sp³-hybridized carbons (Fsp3) is 0.438. The number of nitrogens with zero attached hydrogens (tertiary/aromatic N) is 3. The molecule has 1 aliphatic rings. The zero-order valence-corrected chi connectivity index (χ0v) is 13.1. The first-order chi connectivity index (χ1) is 11.1. The maximum atomic E-state index is 10.8. The van der Waals surface area contributed by atoms with Gasteiger partial charge in [-0.3, -0.25) is 10.1 Å². The third-order valence-corrected chi connectivity index (χ3v) is 3.87. The Balaban J connectivity index is 1.87. The van der Waals surface area contributed by atoms with Gasteiger partial charge >= 0.3 is 0 Å². The van der Waals surface area contributed by atoms with Crippen molar-refractivity contribution in [2.24, 2.45) is 0 Å². The average molecular weight is 317 g/mol. The third kappa shape index (κ3) is 3.40. The van der Waals surface area contributed by atoms with E-state index in [-0.39, 0.29) is 17.9 Å². The predicted molar refractivity (Wildman–Crippen MR) is 86.8 cm³/mol. The molecule has 1 fully saturated rings. The molecule has 2 atom stereocenters. The van der Waals surface area contributed by atoms with Crippen LogP contribution in [0.2, 0.25) is 0 Å². The predicted octanol–water partition coefficient (Wildman–Crippen LogP) is 2.38.